The molecule has 4 nitrogen and oxygen atoms in total. The normalized spacial score (nSPS) is 11.3. The molecule has 2 aromatic heterocycles. The van der Waals surface area contributed by atoms with Crippen molar-refractivity contribution in [3.05, 3.63) is 169 Å². The van der Waals surface area contributed by atoms with Crippen LogP contribution in [0.4, 0.5) is 0 Å². The number of fused-ring (bicyclic) bond motifs is 6. The molecule has 0 radical (unpaired) electrons. The molecule has 0 N–H and O–H groups in total. The number of hydrogen-bond acceptors (Lipinski definition) is 2. The molecule has 0 aliphatic heterocycles. The number of hydrogen-bond donors (Lipinski definition) is 0. The van der Waals surface area contributed by atoms with Crippen molar-refractivity contribution < 1.29 is 0 Å². The first-order valence-electron chi connectivity index (χ1n) is 15.9. The topological polar surface area (TPSA) is 57.4 Å². The molecular formula is C44H26N4. The summed E-state index contributed by atoms with van der Waals surface area (Å²) in [5.41, 5.74) is 11.5. The lowest BCUT2D eigenvalue weighted by atomic mass is 9.94. The molecule has 9 aromatic rings. The van der Waals surface area contributed by atoms with Gasteiger partial charge in [0.2, 0.25) is 0 Å². The van der Waals surface area contributed by atoms with Gasteiger partial charge < -0.3 is 9.13 Å². The van der Waals surface area contributed by atoms with Gasteiger partial charge in [0, 0.05) is 38.4 Å². The van der Waals surface area contributed by atoms with Gasteiger partial charge in [0.15, 0.2) is 0 Å². The number of para-hydroxylation sites is 4. The van der Waals surface area contributed by atoms with Gasteiger partial charge in [0.25, 0.3) is 0 Å². The number of aromatic nitrogens is 2. The molecule has 0 fully saturated rings. The summed E-state index contributed by atoms with van der Waals surface area (Å²) in [7, 11) is 0. The van der Waals surface area contributed by atoms with Crippen LogP contribution < -0.4 is 0 Å². The Hall–Kier alpha value is -6.88. The molecule has 0 saturated carbocycles. The third-order valence-corrected chi connectivity index (χ3v) is 9.41. The van der Waals surface area contributed by atoms with Crippen molar-refractivity contribution in [1.29, 1.82) is 10.5 Å². The smallest absolute Gasteiger partial charge is 0.0998 e. The molecule has 9 rings (SSSR count). The van der Waals surface area contributed by atoms with Crippen LogP contribution in [0.3, 0.4) is 0 Å². The van der Waals surface area contributed by atoms with Crippen molar-refractivity contribution in [3.8, 4) is 45.8 Å². The molecule has 0 unspecified atom stereocenters. The third kappa shape index (κ3) is 4.07. The largest absolute Gasteiger partial charge is 0.309 e. The van der Waals surface area contributed by atoms with E-state index in [0.717, 1.165) is 66.5 Å². The second-order valence-electron chi connectivity index (χ2n) is 12.0. The standard InChI is InChI=1S/C44H26N4/c45-27-31-24-23-30(34-14-1-5-18-39(34)48-42-21-8-4-17-37(42)44-32(28-46)12-10-22-43(44)48)26-38(31)29-11-9-13-33(25-29)47-40-19-6-2-15-35(40)36-16-3-7-20-41(36)47/h1-26H. The van der Waals surface area contributed by atoms with E-state index < -0.39 is 0 Å². The zero-order valence-electron chi connectivity index (χ0n) is 25.8. The number of benzene rings is 7. The molecule has 0 aliphatic carbocycles. The molecule has 4 heteroatoms. The Labute approximate surface area is 277 Å². The van der Waals surface area contributed by atoms with Crippen LogP contribution in [0.1, 0.15) is 11.1 Å². The van der Waals surface area contributed by atoms with Crippen LogP contribution >= 0.6 is 0 Å². The van der Waals surface area contributed by atoms with Gasteiger partial charge in [-0.2, -0.15) is 10.5 Å². The van der Waals surface area contributed by atoms with E-state index in [1.807, 2.05) is 48.5 Å². The Bertz CT molecular complexity index is 2760. The van der Waals surface area contributed by atoms with Gasteiger partial charge in [-0.1, -0.05) is 97.1 Å². The summed E-state index contributed by atoms with van der Waals surface area (Å²) in [5.74, 6) is 0. The highest BCUT2D eigenvalue weighted by Crippen LogP contribution is 2.39. The van der Waals surface area contributed by atoms with Gasteiger partial charge in [0.05, 0.1) is 51.0 Å². The molecule has 7 aromatic carbocycles. The van der Waals surface area contributed by atoms with Gasteiger partial charge in [-0.05, 0) is 71.8 Å². The quantitative estimate of drug-likeness (QED) is 0.199. The van der Waals surface area contributed by atoms with E-state index >= 15 is 0 Å². The molecule has 2 heterocycles. The first-order valence-corrected chi connectivity index (χ1v) is 15.9. The van der Waals surface area contributed by atoms with Crippen LogP contribution in [0.5, 0.6) is 0 Å². The van der Waals surface area contributed by atoms with Crippen molar-refractivity contribution >= 4 is 43.6 Å². The van der Waals surface area contributed by atoms with Crippen LogP contribution in [-0.4, -0.2) is 9.13 Å². The summed E-state index contributed by atoms with van der Waals surface area (Å²) in [6.07, 6.45) is 0. The van der Waals surface area contributed by atoms with Crippen molar-refractivity contribution in [1.82, 2.24) is 9.13 Å². The van der Waals surface area contributed by atoms with Crippen LogP contribution in [0.2, 0.25) is 0 Å². The average Bonchev–Trinajstić information content (AvgIpc) is 3.68. The highest BCUT2D eigenvalue weighted by molar-refractivity contribution is 6.12. The van der Waals surface area contributed by atoms with Crippen molar-refractivity contribution in [2.75, 3.05) is 0 Å². The molecule has 0 atom stereocenters. The summed E-state index contributed by atoms with van der Waals surface area (Å²) in [5, 5.41) is 24.7. The van der Waals surface area contributed by atoms with E-state index in [4.69, 9.17) is 0 Å². The van der Waals surface area contributed by atoms with Crippen molar-refractivity contribution in [2.24, 2.45) is 0 Å². The van der Waals surface area contributed by atoms with E-state index in [1.54, 1.807) is 0 Å². The van der Waals surface area contributed by atoms with Gasteiger partial charge in [-0.3, -0.25) is 0 Å². The zero-order valence-corrected chi connectivity index (χ0v) is 25.8. The van der Waals surface area contributed by atoms with Crippen molar-refractivity contribution in [2.45, 2.75) is 0 Å². The Kier molecular flexibility index (Phi) is 6.22. The van der Waals surface area contributed by atoms with Gasteiger partial charge in [-0.25, -0.2) is 0 Å². The highest BCUT2D eigenvalue weighted by Gasteiger charge is 2.19. The lowest BCUT2D eigenvalue weighted by Gasteiger charge is -2.16. The molecule has 222 valence electrons. The maximum absolute atomic E-state index is 10.3. The summed E-state index contributed by atoms with van der Waals surface area (Å²) < 4.78 is 4.55. The predicted octanol–water partition coefficient (Wildman–Crippen LogP) is 11.0. The summed E-state index contributed by atoms with van der Waals surface area (Å²) in [4.78, 5) is 0. The lowest BCUT2D eigenvalue weighted by molar-refractivity contribution is 1.18. The minimum absolute atomic E-state index is 0.617. The molecular weight excluding hydrogens is 585 g/mol. The fourth-order valence-corrected chi connectivity index (χ4v) is 7.35. The molecule has 0 bridgehead atoms. The van der Waals surface area contributed by atoms with Crippen LogP contribution in [0.25, 0.3) is 77.2 Å². The second kappa shape index (κ2) is 10.9. The van der Waals surface area contributed by atoms with E-state index in [2.05, 4.69) is 130 Å². The molecule has 0 aliphatic rings. The van der Waals surface area contributed by atoms with Crippen molar-refractivity contribution in [3.63, 3.8) is 0 Å². The average molecular weight is 611 g/mol. The summed E-state index contributed by atoms with van der Waals surface area (Å²) in [6, 6.07) is 58.9. The molecule has 0 amide bonds. The Morgan fingerprint density at radius 2 is 0.979 bits per heavy atom. The summed E-state index contributed by atoms with van der Waals surface area (Å²) in [6.45, 7) is 0. The number of rotatable bonds is 4. The minimum Gasteiger partial charge on any atom is -0.309 e. The van der Waals surface area contributed by atoms with Crippen LogP contribution in [0.15, 0.2) is 158 Å². The second-order valence-corrected chi connectivity index (χ2v) is 12.0. The van der Waals surface area contributed by atoms with Gasteiger partial charge >= 0.3 is 0 Å². The molecule has 48 heavy (non-hydrogen) atoms. The van der Waals surface area contributed by atoms with E-state index in [-0.39, 0.29) is 0 Å². The summed E-state index contributed by atoms with van der Waals surface area (Å²) >= 11 is 0. The SMILES string of the molecule is N#Cc1ccc(-c2ccccc2-n2c3ccccc3c3c(C#N)cccc32)cc1-c1cccc(-n2c3ccccc3c3ccccc32)c1. The van der Waals surface area contributed by atoms with Crippen LogP contribution in [-0.2, 0) is 0 Å². The number of nitrogens with zero attached hydrogens (tertiary/aromatic N) is 4. The Balaban J connectivity index is 1.24. The Morgan fingerprint density at radius 3 is 1.71 bits per heavy atom. The molecule has 0 spiro atoms. The fraction of sp³-hybridized carbons (Fsp3) is 0. The predicted molar refractivity (Wildman–Crippen MR) is 195 cm³/mol. The maximum Gasteiger partial charge on any atom is 0.0998 e. The zero-order chi connectivity index (χ0) is 32.2. The monoisotopic (exact) mass is 610 g/mol. The maximum atomic E-state index is 10.3. The molecule has 0 saturated heterocycles. The fourth-order valence-electron chi connectivity index (χ4n) is 7.35. The van der Waals surface area contributed by atoms with E-state index in [0.29, 0.717) is 11.1 Å². The van der Waals surface area contributed by atoms with E-state index in [1.165, 1.54) is 10.8 Å². The highest BCUT2D eigenvalue weighted by atomic mass is 15.0. The Morgan fingerprint density at radius 1 is 0.396 bits per heavy atom. The van der Waals surface area contributed by atoms with Crippen LogP contribution in [0, 0.1) is 22.7 Å². The lowest BCUT2D eigenvalue weighted by Crippen LogP contribution is -1.98. The van der Waals surface area contributed by atoms with E-state index in [9.17, 15) is 10.5 Å². The minimum atomic E-state index is 0.617. The number of nitriles is 2. The third-order valence-electron chi connectivity index (χ3n) is 9.41. The van der Waals surface area contributed by atoms with Gasteiger partial charge in [0.1, 0.15) is 0 Å². The first-order chi connectivity index (χ1) is 23.7. The first kappa shape index (κ1) is 27.4. The van der Waals surface area contributed by atoms with Gasteiger partial charge in [-0.15, -0.1) is 0 Å².